The van der Waals surface area contributed by atoms with Crippen LogP contribution in [0.4, 0.5) is 5.69 Å². The lowest BCUT2D eigenvalue weighted by atomic mass is 10.1. The summed E-state index contributed by atoms with van der Waals surface area (Å²) in [6, 6.07) is 18.6. The highest BCUT2D eigenvalue weighted by molar-refractivity contribution is 6.05. The van der Waals surface area contributed by atoms with Crippen molar-refractivity contribution in [1.82, 2.24) is 19.7 Å². The molecule has 0 bridgehead atoms. The van der Waals surface area contributed by atoms with Crippen molar-refractivity contribution < 1.29 is 13.9 Å². The standard InChI is InChI=1S/C23H15N5O4/c29-22(18-13-15-3-1-2-4-19(15)32-23(18)30)25-16-5-7-17(8-6-16)31-21-10-9-20(26-27-21)28-12-11-24-14-28/h1-14H,(H,25,29). The van der Waals surface area contributed by atoms with E-state index < -0.39 is 11.5 Å². The molecule has 2 aromatic carbocycles. The first-order valence-corrected chi connectivity index (χ1v) is 9.60. The largest absolute Gasteiger partial charge is 0.438 e. The predicted molar refractivity (Wildman–Crippen MR) is 116 cm³/mol. The minimum Gasteiger partial charge on any atom is -0.438 e. The molecule has 0 saturated carbocycles. The minimum atomic E-state index is -0.695. The number of carbonyl (C=O) groups is 1. The summed E-state index contributed by atoms with van der Waals surface area (Å²) in [7, 11) is 0. The maximum Gasteiger partial charge on any atom is 0.349 e. The van der Waals surface area contributed by atoms with Gasteiger partial charge < -0.3 is 14.5 Å². The van der Waals surface area contributed by atoms with Gasteiger partial charge in [0.05, 0.1) is 0 Å². The molecule has 0 spiro atoms. The third kappa shape index (κ3) is 3.94. The second-order valence-electron chi connectivity index (χ2n) is 6.77. The van der Waals surface area contributed by atoms with Crippen molar-refractivity contribution >= 4 is 22.6 Å². The van der Waals surface area contributed by atoms with Crippen molar-refractivity contribution in [3.05, 3.63) is 101 Å². The number of imidazole rings is 1. The molecule has 0 saturated heterocycles. The first-order chi connectivity index (χ1) is 15.7. The number of benzene rings is 2. The third-order valence-corrected chi connectivity index (χ3v) is 4.62. The van der Waals surface area contributed by atoms with Crippen LogP contribution in [0.25, 0.3) is 16.8 Å². The van der Waals surface area contributed by atoms with E-state index in [1.54, 1.807) is 84.0 Å². The first-order valence-electron chi connectivity index (χ1n) is 9.60. The maximum atomic E-state index is 12.6. The van der Waals surface area contributed by atoms with Crippen molar-refractivity contribution in [1.29, 1.82) is 0 Å². The van der Waals surface area contributed by atoms with E-state index in [-0.39, 0.29) is 5.56 Å². The van der Waals surface area contributed by atoms with Crippen molar-refractivity contribution in [2.45, 2.75) is 0 Å². The molecule has 0 atom stereocenters. The number of aromatic nitrogens is 4. The van der Waals surface area contributed by atoms with Crippen molar-refractivity contribution in [3.63, 3.8) is 0 Å². The lowest BCUT2D eigenvalue weighted by Crippen LogP contribution is -2.20. The number of ether oxygens (including phenoxy) is 1. The number of hydrogen-bond donors (Lipinski definition) is 1. The Hall–Kier alpha value is -4.79. The van der Waals surface area contributed by atoms with Gasteiger partial charge in [-0.15, -0.1) is 10.2 Å². The van der Waals surface area contributed by atoms with Gasteiger partial charge >= 0.3 is 5.63 Å². The summed E-state index contributed by atoms with van der Waals surface area (Å²) in [5, 5.41) is 11.5. The molecule has 0 unspecified atom stereocenters. The molecule has 5 rings (SSSR count). The van der Waals surface area contributed by atoms with Crippen LogP contribution < -0.4 is 15.7 Å². The average Bonchev–Trinajstić information content (AvgIpc) is 3.35. The van der Waals surface area contributed by atoms with Crippen molar-refractivity contribution in [2.24, 2.45) is 0 Å². The van der Waals surface area contributed by atoms with Crippen molar-refractivity contribution in [2.75, 3.05) is 5.32 Å². The van der Waals surface area contributed by atoms with Crippen LogP contribution in [0.1, 0.15) is 10.4 Å². The van der Waals surface area contributed by atoms with E-state index in [9.17, 15) is 9.59 Å². The van der Waals surface area contributed by atoms with Gasteiger partial charge in [-0.05, 0) is 42.5 Å². The Morgan fingerprint density at radius 2 is 1.84 bits per heavy atom. The van der Waals surface area contributed by atoms with Gasteiger partial charge in [-0.1, -0.05) is 18.2 Å². The van der Waals surface area contributed by atoms with Gasteiger partial charge in [-0.25, -0.2) is 9.78 Å². The molecule has 1 N–H and O–H groups in total. The number of rotatable bonds is 5. The van der Waals surface area contributed by atoms with E-state index in [1.807, 2.05) is 0 Å². The van der Waals surface area contributed by atoms with Crippen LogP contribution in [0.15, 0.2) is 94.7 Å². The molecule has 0 aliphatic rings. The molecular weight excluding hydrogens is 410 g/mol. The highest BCUT2D eigenvalue weighted by Gasteiger charge is 2.14. The quantitative estimate of drug-likeness (QED) is 0.426. The van der Waals surface area contributed by atoms with Crippen LogP contribution in [-0.2, 0) is 0 Å². The summed E-state index contributed by atoms with van der Waals surface area (Å²) in [4.78, 5) is 28.7. The summed E-state index contributed by atoms with van der Waals surface area (Å²) in [6.07, 6.45) is 5.04. The van der Waals surface area contributed by atoms with Crippen LogP contribution >= 0.6 is 0 Å². The fraction of sp³-hybridized carbons (Fsp3) is 0. The number of fused-ring (bicyclic) bond motifs is 1. The molecule has 3 aromatic heterocycles. The zero-order valence-electron chi connectivity index (χ0n) is 16.5. The van der Waals surface area contributed by atoms with Crippen LogP contribution in [0.5, 0.6) is 11.6 Å². The second kappa shape index (κ2) is 8.15. The van der Waals surface area contributed by atoms with E-state index in [1.165, 1.54) is 6.07 Å². The fourth-order valence-electron chi connectivity index (χ4n) is 3.05. The Morgan fingerprint density at radius 1 is 1.00 bits per heavy atom. The molecule has 1 amide bonds. The van der Waals surface area contributed by atoms with Crippen LogP contribution in [0.3, 0.4) is 0 Å². The summed E-state index contributed by atoms with van der Waals surface area (Å²) in [5.74, 6) is 0.891. The zero-order chi connectivity index (χ0) is 21.9. The van der Waals surface area contributed by atoms with Gasteiger partial charge in [-0.2, -0.15) is 0 Å². The van der Waals surface area contributed by atoms with E-state index in [0.717, 1.165) is 0 Å². The molecule has 0 aliphatic heterocycles. The van der Waals surface area contributed by atoms with Crippen LogP contribution in [-0.4, -0.2) is 25.7 Å². The Bertz CT molecular complexity index is 1440. The number of anilines is 1. The Morgan fingerprint density at radius 3 is 2.59 bits per heavy atom. The smallest absolute Gasteiger partial charge is 0.349 e. The maximum absolute atomic E-state index is 12.6. The SMILES string of the molecule is O=C(Nc1ccc(Oc2ccc(-n3ccnc3)nn2)cc1)c1cc2ccccc2oc1=O. The highest BCUT2D eigenvalue weighted by atomic mass is 16.5. The second-order valence-corrected chi connectivity index (χ2v) is 6.77. The Labute approximate surface area is 180 Å². The number of nitrogens with zero attached hydrogens (tertiary/aromatic N) is 4. The molecule has 32 heavy (non-hydrogen) atoms. The van der Waals surface area contributed by atoms with E-state index in [2.05, 4.69) is 20.5 Å². The van der Waals surface area contributed by atoms with E-state index in [0.29, 0.717) is 34.1 Å². The Kier molecular flexibility index (Phi) is 4.89. The van der Waals surface area contributed by atoms with Crippen molar-refractivity contribution in [3.8, 4) is 17.4 Å². The summed E-state index contributed by atoms with van der Waals surface area (Å²) in [5.41, 5.74) is 0.157. The summed E-state index contributed by atoms with van der Waals surface area (Å²) < 4.78 is 12.6. The molecule has 156 valence electrons. The lowest BCUT2D eigenvalue weighted by Gasteiger charge is -2.08. The van der Waals surface area contributed by atoms with Gasteiger partial charge in [0.25, 0.3) is 5.91 Å². The number of para-hydroxylation sites is 1. The highest BCUT2D eigenvalue weighted by Crippen LogP contribution is 2.22. The molecular formula is C23H15N5O4. The van der Waals surface area contributed by atoms with Crippen LogP contribution in [0.2, 0.25) is 0 Å². The minimum absolute atomic E-state index is 0.0720. The molecule has 0 aliphatic carbocycles. The molecule has 0 radical (unpaired) electrons. The molecule has 0 fully saturated rings. The van der Waals surface area contributed by atoms with Crippen LogP contribution in [0, 0.1) is 0 Å². The zero-order valence-corrected chi connectivity index (χ0v) is 16.5. The Balaban J connectivity index is 1.27. The van der Waals surface area contributed by atoms with Gasteiger partial charge in [0, 0.05) is 29.5 Å². The topological polar surface area (TPSA) is 112 Å². The van der Waals surface area contributed by atoms with E-state index in [4.69, 9.17) is 9.15 Å². The lowest BCUT2D eigenvalue weighted by molar-refractivity contribution is 0.102. The molecule has 5 aromatic rings. The van der Waals surface area contributed by atoms with Gasteiger partial charge in [0.2, 0.25) is 5.88 Å². The fourth-order valence-corrected chi connectivity index (χ4v) is 3.05. The summed E-state index contributed by atoms with van der Waals surface area (Å²) >= 11 is 0. The predicted octanol–water partition coefficient (Wildman–Crippen LogP) is 3.81. The molecule has 9 nitrogen and oxygen atoms in total. The first kappa shape index (κ1) is 19.2. The third-order valence-electron chi connectivity index (χ3n) is 4.62. The number of amides is 1. The van der Waals surface area contributed by atoms with Gasteiger partial charge in [0.15, 0.2) is 5.82 Å². The normalized spacial score (nSPS) is 10.8. The number of nitrogens with one attached hydrogen (secondary N) is 1. The summed E-state index contributed by atoms with van der Waals surface area (Å²) in [6.45, 7) is 0. The number of hydrogen-bond acceptors (Lipinski definition) is 7. The van der Waals surface area contributed by atoms with Gasteiger partial charge in [0.1, 0.15) is 23.2 Å². The van der Waals surface area contributed by atoms with E-state index >= 15 is 0 Å². The monoisotopic (exact) mass is 425 g/mol. The number of carbonyl (C=O) groups excluding carboxylic acids is 1. The average molecular weight is 425 g/mol. The molecule has 3 heterocycles. The van der Waals surface area contributed by atoms with Gasteiger partial charge in [-0.3, -0.25) is 9.36 Å². The molecule has 9 heteroatoms.